The molecule has 0 saturated heterocycles. The molecule has 1 aliphatic carbocycles. The standard InChI is InChI=1S/C46H39F6N9O4/c47-45(48,49)31-5-1-7-33(21-31)60-35-25-58(41(62)37(35)39(56-43(60)64)29-13-9-27(23-53)10-14-29)19-3-17-55-18-4-20-59-26-36-38(42(59)63)40(30-15-11-28(24-54)12-16-30)57-44(65)61(36)34-8-2-6-32(22-34)46(50,51)52/h1-2,5-15,21-22,30,39-40,55H,3-4,16-20,25-26H2,(H,56,64)(H,57,65)/t30?,39-,40-/m1/s1. The van der Waals surface area contributed by atoms with Crippen molar-refractivity contribution >= 4 is 35.3 Å². The molecule has 0 spiro atoms. The van der Waals surface area contributed by atoms with E-state index in [0.717, 1.165) is 34.1 Å². The lowest BCUT2D eigenvalue weighted by Crippen LogP contribution is -2.54. The second-order valence-electron chi connectivity index (χ2n) is 16.0. The summed E-state index contributed by atoms with van der Waals surface area (Å²) in [5.41, 5.74) is 0.236. The summed E-state index contributed by atoms with van der Waals surface area (Å²) in [5.74, 6) is -1.17. The van der Waals surface area contributed by atoms with Crippen molar-refractivity contribution in [3.63, 3.8) is 0 Å². The molecule has 6 amide bonds. The highest BCUT2D eigenvalue weighted by Gasteiger charge is 2.47. The van der Waals surface area contributed by atoms with E-state index in [0.29, 0.717) is 49.1 Å². The predicted molar refractivity (Wildman–Crippen MR) is 223 cm³/mol. The molecule has 3 N–H and O–H groups in total. The predicted octanol–water partition coefficient (Wildman–Crippen LogP) is 7.05. The third-order valence-corrected chi connectivity index (χ3v) is 11.9. The fraction of sp³-hybridized carbons (Fsp3) is 0.304. The van der Waals surface area contributed by atoms with E-state index in [-0.39, 0.29) is 71.9 Å². The van der Waals surface area contributed by atoms with Crippen molar-refractivity contribution in [2.75, 3.05) is 49.1 Å². The van der Waals surface area contributed by atoms with Crippen LogP contribution in [0.1, 0.15) is 47.6 Å². The van der Waals surface area contributed by atoms with Crippen molar-refractivity contribution in [1.82, 2.24) is 25.8 Å². The number of nitrogens with one attached hydrogen (secondary N) is 3. The van der Waals surface area contributed by atoms with Crippen LogP contribution in [-0.2, 0) is 21.9 Å². The molecule has 4 aliphatic heterocycles. The Hall–Kier alpha value is -7.38. The molecule has 8 rings (SSSR count). The summed E-state index contributed by atoms with van der Waals surface area (Å²) in [4.78, 5) is 60.7. The highest BCUT2D eigenvalue weighted by molar-refractivity contribution is 6.08. The average molecular weight is 896 g/mol. The first-order valence-electron chi connectivity index (χ1n) is 20.7. The molecule has 1 unspecified atom stereocenters. The van der Waals surface area contributed by atoms with Crippen molar-refractivity contribution in [2.45, 2.75) is 43.7 Å². The molecular formula is C46H39F6N9O4. The number of amides is 6. The summed E-state index contributed by atoms with van der Waals surface area (Å²) in [7, 11) is 0. The van der Waals surface area contributed by atoms with Crippen LogP contribution >= 0.6 is 0 Å². The molecule has 13 nitrogen and oxygen atoms in total. The zero-order valence-electron chi connectivity index (χ0n) is 34.3. The number of allylic oxidation sites excluding steroid dienone is 3. The first-order chi connectivity index (χ1) is 31.1. The van der Waals surface area contributed by atoms with E-state index in [1.54, 1.807) is 30.4 Å². The minimum atomic E-state index is -4.68. The maximum atomic E-state index is 14.1. The Morgan fingerprint density at radius 2 is 1.23 bits per heavy atom. The smallest absolute Gasteiger partial charge is 0.333 e. The summed E-state index contributed by atoms with van der Waals surface area (Å²) in [6.07, 6.45) is -3.06. The Labute approximate surface area is 368 Å². The number of hydrogen-bond acceptors (Lipinski definition) is 7. The van der Waals surface area contributed by atoms with Gasteiger partial charge in [-0.05, 0) is 92.5 Å². The fourth-order valence-corrected chi connectivity index (χ4v) is 8.78. The molecule has 3 aromatic carbocycles. The van der Waals surface area contributed by atoms with Gasteiger partial charge in [-0.2, -0.15) is 36.9 Å². The number of carbonyl (C=O) groups excluding carboxylic acids is 4. The van der Waals surface area contributed by atoms with E-state index >= 15 is 0 Å². The van der Waals surface area contributed by atoms with E-state index in [1.807, 2.05) is 6.07 Å². The number of benzene rings is 3. The van der Waals surface area contributed by atoms with Crippen LogP contribution in [0.2, 0.25) is 0 Å². The van der Waals surface area contributed by atoms with Crippen molar-refractivity contribution < 1.29 is 45.5 Å². The Morgan fingerprint density at radius 1 is 0.692 bits per heavy atom. The van der Waals surface area contributed by atoms with Gasteiger partial charge in [0.1, 0.15) is 0 Å². The van der Waals surface area contributed by atoms with Crippen LogP contribution in [0.5, 0.6) is 0 Å². The number of halogens is 6. The van der Waals surface area contributed by atoms with Crippen molar-refractivity contribution in [3.8, 4) is 12.1 Å². The lowest BCUT2D eigenvalue weighted by Gasteiger charge is -2.36. The molecule has 19 heteroatoms. The third kappa shape index (κ3) is 8.79. The number of carbonyl (C=O) groups is 4. The first-order valence-corrected chi connectivity index (χ1v) is 20.7. The van der Waals surface area contributed by atoms with Gasteiger partial charge in [0.05, 0.1) is 87.9 Å². The van der Waals surface area contributed by atoms with Crippen LogP contribution in [0.4, 0.5) is 47.3 Å². The van der Waals surface area contributed by atoms with Crippen molar-refractivity contribution in [2.24, 2.45) is 5.92 Å². The summed E-state index contributed by atoms with van der Waals surface area (Å²) in [5, 5.41) is 27.5. The van der Waals surface area contributed by atoms with Gasteiger partial charge in [0.25, 0.3) is 11.8 Å². The molecular weight excluding hydrogens is 857 g/mol. The van der Waals surface area contributed by atoms with Gasteiger partial charge in [-0.25, -0.2) is 9.59 Å². The van der Waals surface area contributed by atoms with Gasteiger partial charge in [0, 0.05) is 24.6 Å². The third-order valence-electron chi connectivity index (χ3n) is 11.9. The summed E-state index contributed by atoms with van der Waals surface area (Å²) in [6.45, 7) is 1.21. The van der Waals surface area contributed by atoms with Crippen LogP contribution in [0.3, 0.4) is 0 Å². The van der Waals surface area contributed by atoms with Gasteiger partial charge in [0.2, 0.25) is 0 Å². The molecule has 5 aliphatic rings. The van der Waals surface area contributed by atoms with Gasteiger partial charge in [-0.3, -0.25) is 19.4 Å². The maximum Gasteiger partial charge on any atom is 0.416 e. The SMILES string of the molecule is N#CC1=CCC([C@H]2NC(=O)N(c3cccc(C(F)(F)F)c3)C3=C2C(=O)N(CCCNCCCN2CC4=C(C2=O)[C@@H](c2ccc(C#N)cc2)NC(=O)N4c2cccc(C(F)(F)F)c2)C3)C=C1. The molecule has 0 bridgehead atoms. The number of rotatable bonds is 12. The number of anilines is 2. The number of nitriles is 2. The highest BCUT2D eigenvalue weighted by Crippen LogP contribution is 2.42. The Bertz CT molecular complexity index is 2660. The molecule has 3 atom stereocenters. The van der Waals surface area contributed by atoms with E-state index in [2.05, 4.69) is 22.0 Å². The minimum absolute atomic E-state index is 0.0306. The molecule has 0 aromatic heterocycles. The lowest BCUT2D eigenvalue weighted by atomic mass is 9.84. The van der Waals surface area contributed by atoms with Crippen LogP contribution in [-0.4, -0.2) is 79.0 Å². The highest BCUT2D eigenvalue weighted by atomic mass is 19.4. The summed E-state index contributed by atoms with van der Waals surface area (Å²) >= 11 is 0. The van der Waals surface area contributed by atoms with Crippen LogP contribution in [0.25, 0.3) is 0 Å². The number of urea groups is 2. The number of nitrogens with zero attached hydrogens (tertiary/aromatic N) is 6. The lowest BCUT2D eigenvalue weighted by molar-refractivity contribution is -0.138. The first kappa shape index (κ1) is 44.2. The van der Waals surface area contributed by atoms with E-state index in [4.69, 9.17) is 0 Å². The molecule has 0 saturated carbocycles. The molecule has 65 heavy (non-hydrogen) atoms. The maximum absolute atomic E-state index is 14.1. The quantitative estimate of drug-likeness (QED) is 0.130. The van der Waals surface area contributed by atoms with E-state index < -0.39 is 53.5 Å². The van der Waals surface area contributed by atoms with E-state index in [1.165, 1.54) is 46.2 Å². The second kappa shape index (κ2) is 17.6. The molecule has 334 valence electrons. The zero-order valence-corrected chi connectivity index (χ0v) is 34.3. The van der Waals surface area contributed by atoms with Gasteiger partial charge < -0.3 is 25.8 Å². The molecule has 4 heterocycles. The van der Waals surface area contributed by atoms with Gasteiger partial charge in [-0.1, -0.05) is 36.4 Å². The normalized spacial score (nSPS) is 21.0. The van der Waals surface area contributed by atoms with Crippen LogP contribution < -0.4 is 25.8 Å². The minimum Gasteiger partial charge on any atom is -0.333 e. The van der Waals surface area contributed by atoms with Gasteiger partial charge in [0.15, 0.2) is 0 Å². The number of hydrogen-bond donors (Lipinski definition) is 3. The van der Waals surface area contributed by atoms with Crippen LogP contribution in [0, 0.1) is 28.6 Å². The second-order valence-corrected chi connectivity index (χ2v) is 16.0. The fourth-order valence-electron chi connectivity index (χ4n) is 8.78. The van der Waals surface area contributed by atoms with Crippen LogP contribution in [0.15, 0.2) is 119 Å². The largest absolute Gasteiger partial charge is 0.416 e. The Balaban J connectivity index is 0.911. The van der Waals surface area contributed by atoms with Gasteiger partial charge in [-0.15, -0.1) is 0 Å². The van der Waals surface area contributed by atoms with Gasteiger partial charge >= 0.3 is 24.4 Å². The molecule has 3 aromatic rings. The zero-order chi connectivity index (χ0) is 46.2. The number of alkyl halides is 6. The Kier molecular flexibility index (Phi) is 12.0. The summed E-state index contributed by atoms with van der Waals surface area (Å²) in [6, 6.07) is 15.9. The molecule has 0 radical (unpaired) electrons. The Morgan fingerprint density at radius 3 is 1.74 bits per heavy atom. The monoisotopic (exact) mass is 895 g/mol. The van der Waals surface area contributed by atoms with Crippen molar-refractivity contribution in [3.05, 3.63) is 141 Å². The average Bonchev–Trinajstić information content (AvgIpc) is 3.79. The topological polar surface area (TPSA) is 165 Å². The van der Waals surface area contributed by atoms with E-state index in [9.17, 15) is 56.0 Å². The summed E-state index contributed by atoms with van der Waals surface area (Å²) < 4.78 is 82.3. The van der Waals surface area contributed by atoms with Crippen molar-refractivity contribution in [1.29, 1.82) is 10.5 Å². The molecule has 0 fully saturated rings.